The first kappa shape index (κ1) is 20.8. The SMILES string of the molecule is Cc1cc(C)c(NC(=O)c2oc3ccc4c(c3c2C)C(=O)CC2(CCCCC2)O4)c(C)c1. The molecule has 3 aromatic rings. The molecule has 0 saturated heterocycles. The number of rotatable bonds is 2. The Kier molecular flexibility index (Phi) is 4.88. The maximum Gasteiger partial charge on any atom is 0.291 e. The molecule has 1 N–H and O–H groups in total. The van der Waals surface area contributed by atoms with Crippen LogP contribution in [0.4, 0.5) is 5.69 Å². The lowest BCUT2D eigenvalue weighted by Gasteiger charge is -2.40. The first-order chi connectivity index (χ1) is 15.3. The minimum Gasteiger partial charge on any atom is -0.486 e. The number of hydrogen-bond acceptors (Lipinski definition) is 4. The van der Waals surface area contributed by atoms with E-state index >= 15 is 0 Å². The lowest BCUT2D eigenvalue weighted by molar-refractivity contribution is 0.0139. The van der Waals surface area contributed by atoms with Gasteiger partial charge in [0.1, 0.15) is 16.9 Å². The topological polar surface area (TPSA) is 68.5 Å². The van der Waals surface area contributed by atoms with E-state index in [9.17, 15) is 9.59 Å². The molecule has 1 aliphatic heterocycles. The Morgan fingerprint density at radius 3 is 2.38 bits per heavy atom. The summed E-state index contributed by atoms with van der Waals surface area (Å²) in [4.78, 5) is 26.5. The highest BCUT2D eigenvalue weighted by atomic mass is 16.5. The van der Waals surface area contributed by atoms with E-state index in [1.54, 1.807) is 0 Å². The van der Waals surface area contributed by atoms with Gasteiger partial charge in [0, 0.05) is 16.6 Å². The molecule has 1 saturated carbocycles. The van der Waals surface area contributed by atoms with Crippen molar-refractivity contribution < 1.29 is 18.7 Å². The van der Waals surface area contributed by atoms with E-state index in [1.165, 1.54) is 6.42 Å². The van der Waals surface area contributed by atoms with E-state index in [2.05, 4.69) is 5.32 Å². The van der Waals surface area contributed by atoms with Crippen LogP contribution in [-0.2, 0) is 0 Å². The van der Waals surface area contributed by atoms with E-state index in [0.717, 1.165) is 48.1 Å². The average Bonchev–Trinajstić information content (AvgIpc) is 3.07. The summed E-state index contributed by atoms with van der Waals surface area (Å²) in [6.07, 6.45) is 5.62. The molecule has 0 unspecified atom stereocenters. The van der Waals surface area contributed by atoms with Crippen molar-refractivity contribution in [1.82, 2.24) is 0 Å². The van der Waals surface area contributed by atoms with Gasteiger partial charge in [-0.05, 0) is 76.6 Å². The maximum absolute atomic E-state index is 13.3. The Balaban J connectivity index is 1.54. The fraction of sp³-hybridized carbons (Fsp3) is 0.407. The largest absolute Gasteiger partial charge is 0.486 e. The number of ether oxygens (including phenoxy) is 1. The Morgan fingerprint density at radius 1 is 1.00 bits per heavy atom. The molecule has 5 rings (SSSR count). The standard InChI is InChI=1S/C27H29NO4/c1-15-12-16(2)24(17(3)13-15)28-26(30)25-18(4)22-20(31-25)8-9-21-23(22)19(29)14-27(32-21)10-6-5-7-11-27/h8-9,12-13H,5-7,10-11,14H2,1-4H3,(H,28,30). The van der Waals surface area contributed by atoms with Crippen LogP contribution >= 0.6 is 0 Å². The number of ketones is 1. The maximum atomic E-state index is 13.3. The molecule has 0 atom stereocenters. The van der Waals surface area contributed by atoms with E-state index in [0.29, 0.717) is 34.3 Å². The van der Waals surface area contributed by atoms with Crippen molar-refractivity contribution in [2.24, 2.45) is 0 Å². The van der Waals surface area contributed by atoms with E-state index < -0.39 is 0 Å². The first-order valence-corrected chi connectivity index (χ1v) is 11.5. The van der Waals surface area contributed by atoms with Crippen molar-refractivity contribution in [3.05, 3.63) is 57.8 Å². The third kappa shape index (κ3) is 3.31. The third-order valence-electron chi connectivity index (χ3n) is 7.03. The molecule has 1 fully saturated rings. The van der Waals surface area contributed by atoms with Gasteiger partial charge >= 0.3 is 0 Å². The van der Waals surface area contributed by atoms with Gasteiger partial charge in [0.15, 0.2) is 11.5 Å². The van der Waals surface area contributed by atoms with Crippen LogP contribution in [0.25, 0.3) is 11.0 Å². The highest BCUT2D eigenvalue weighted by molar-refractivity contribution is 6.15. The van der Waals surface area contributed by atoms with Gasteiger partial charge in [0.25, 0.3) is 5.91 Å². The summed E-state index contributed by atoms with van der Waals surface area (Å²) in [7, 11) is 0. The summed E-state index contributed by atoms with van der Waals surface area (Å²) in [5.41, 5.74) is 5.36. The van der Waals surface area contributed by atoms with Gasteiger partial charge < -0.3 is 14.5 Å². The zero-order valence-electron chi connectivity index (χ0n) is 19.2. The fourth-order valence-corrected chi connectivity index (χ4v) is 5.57. The molecule has 1 amide bonds. The molecule has 1 aliphatic carbocycles. The molecular formula is C27H29NO4. The van der Waals surface area contributed by atoms with Gasteiger partial charge in [0.05, 0.1) is 12.0 Å². The lowest BCUT2D eigenvalue weighted by Crippen LogP contribution is -2.43. The van der Waals surface area contributed by atoms with Crippen molar-refractivity contribution in [2.45, 2.75) is 71.8 Å². The van der Waals surface area contributed by atoms with Crippen molar-refractivity contribution in [1.29, 1.82) is 0 Å². The van der Waals surface area contributed by atoms with Gasteiger partial charge in [-0.3, -0.25) is 9.59 Å². The summed E-state index contributed by atoms with van der Waals surface area (Å²) in [6, 6.07) is 7.72. The third-order valence-corrected chi connectivity index (χ3v) is 7.03. The molecule has 166 valence electrons. The number of carbonyl (C=O) groups is 2. The minimum absolute atomic E-state index is 0.0832. The first-order valence-electron chi connectivity index (χ1n) is 11.5. The second-order valence-electron chi connectivity index (χ2n) is 9.54. The minimum atomic E-state index is -0.367. The zero-order chi connectivity index (χ0) is 22.6. The second kappa shape index (κ2) is 7.51. The van der Waals surface area contributed by atoms with Crippen LogP contribution in [0.15, 0.2) is 28.7 Å². The lowest BCUT2D eigenvalue weighted by atomic mass is 9.78. The molecule has 1 aromatic heterocycles. The number of amides is 1. The van der Waals surface area contributed by atoms with Crippen LogP contribution in [0.2, 0.25) is 0 Å². The monoisotopic (exact) mass is 431 g/mol. The smallest absolute Gasteiger partial charge is 0.291 e. The Hall–Kier alpha value is -3.08. The summed E-state index contributed by atoms with van der Waals surface area (Å²) in [5.74, 6) is 0.630. The number of fused-ring (bicyclic) bond motifs is 3. The number of anilines is 1. The van der Waals surface area contributed by atoms with Crippen molar-refractivity contribution >= 4 is 28.3 Å². The van der Waals surface area contributed by atoms with Gasteiger partial charge in [-0.25, -0.2) is 0 Å². The molecule has 2 aliphatic rings. The Labute approximate surface area is 188 Å². The Morgan fingerprint density at radius 2 is 1.69 bits per heavy atom. The van der Waals surface area contributed by atoms with Crippen LogP contribution in [0.3, 0.4) is 0 Å². The van der Waals surface area contributed by atoms with E-state index in [1.807, 2.05) is 52.0 Å². The van der Waals surface area contributed by atoms with E-state index in [4.69, 9.17) is 9.15 Å². The van der Waals surface area contributed by atoms with Gasteiger partial charge in [-0.2, -0.15) is 0 Å². The summed E-state index contributed by atoms with van der Waals surface area (Å²) in [5, 5.41) is 3.71. The van der Waals surface area contributed by atoms with E-state index in [-0.39, 0.29) is 23.1 Å². The highest BCUT2D eigenvalue weighted by Crippen LogP contribution is 2.45. The van der Waals surface area contributed by atoms with Crippen LogP contribution in [0, 0.1) is 27.7 Å². The van der Waals surface area contributed by atoms with Gasteiger partial charge in [-0.15, -0.1) is 0 Å². The number of nitrogens with one attached hydrogen (secondary N) is 1. The molecule has 1 spiro atoms. The second-order valence-corrected chi connectivity index (χ2v) is 9.54. The van der Waals surface area contributed by atoms with Crippen LogP contribution in [0.5, 0.6) is 5.75 Å². The fourth-order valence-electron chi connectivity index (χ4n) is 5.57. The number of aryl methyl sites for hydroxylation is 4. The molecule has 32 heavy (non-hydrogen) atoms. The van der Waals surface area contributed by atoms with Gasteiger partial charge in [-0.1, -0.05) is 24.1 Å². The van der Waals surface area contributed by atoms with Crippen molar-refractivity contribution in [3.63, 3.8) is 0 Å². The predicted octanol–water partition coefficient (Wildman–Crippen LogP) is 6.59. The summed E-state index contributed by atoms with van der Waals surface area (Å²) in [6.45, 7) is 7.84. The number of benzene rings is 2. The van der Waals surface area contributed by atoms with Crippen LogP contribution < -0.4 is 10.1 Å². The summed E-state index contributed by atoms with van der Waals surface area (Å²) >= 11 is 0. The molecule has 5 nitrogen and oxygen atoms in total. The molecule has 2 aromatic carbocycles. The quantitative estimate of drug-likeness (QED) is 0.497. The average molecular weight is 432 g/mol. The normalized spacial score (nSPS) is 17.3. The number of hydrogen-bond donors (Lipinski definition) is 1. The van der Waals surface area contributed by atoms with Crippen molar-refractivity contribution in [2.75, 3.05) is 5.32 Å². The molecule has 2 heterocycles. The Bertz CT molecular complexity index is 1240. The van der Waals surface area contributed by atoms with Crippen molar-refractivity contribution in [3.8, 4) is 5.75 Å². The molecule has 0 bridgehead atoms. The number of furan rings is 1. The summed E-state index contributed by atoms with van der Waals surface area (Å²) < 4.78 is 12.4. The zero-order valence-corrected chi connectivity index (χ0v) is 19.2. The number of Topliss-reactive ketones (excluding diaryl/α,β-unsaturated/α-hetero) is 1. The number of carbonyl (C=O) groups excluding carboxylic acids is 2. The highest BCUT2D eigenvalue weighted by Gasteiger charge is 2.42. The molecule has 0 radical (unpaired) electrons. The van der Waals surface area contributed by atoms with Crippen LogP contribution in [-0.4, -0.2) is 17.3 Å². The van der Waals surface area contributed by atoms with Gasteiger partial charge in [0.2, 0.25) is 0 Å². The van der Waals surface area contributed by atoms with Crippen LogP contribution in [0.1, 0.15) is 81.7 Å². The predicted molar refractivity (Wildman–Crippen MR) is 125 cm³/mol. The molecule has 5 heteroatoms. The molecular weight excluding hydrogens is 402 g/mol.